The minimum atomic E-state index is -0.435. The van der Waals surface area contributed by atoms with Gasteiger partial charge in [-0.15, -0.1) is 0 Å². The van der Waals surface area contributed by atoms with E-state index in [4.69, 9.17) is 32.7 Å². The molecule has 0 radical (unpaired) electrons. The number of pyridine rings is 1. The van der Waals surface area contributed by atoms with Crippen LogP contribution in [0.1, 0.15) is 5.69 Å². The zero-order valence-electron chi connectivity index (χ0n) is 10.4. The molecule has 7 heteroatoms. The summed E-state index contributed by atoms with van der Waals surface area (Å²) < 4.78 is 10.1. The van der Waals surface area contributed by atoms with Gasteiger partial charge in [-0.3, -0.25) is 9.69 Å². The second-order valence-corrected chi connectivity index (χ2v) is 4.94. The number of methoxy groups -OCH3 is 1. The molecule has 1 aromatic rings. The average molecular weight is 305 g/mol. The van der Waals surface area contributed by atoms with Gasteiger partial charge in [-0.2, -0.15) is 0 Å². The van der Waals surface area contributed by atoms with E-state index in [1.54, 1.807) is 12.1 Å². The molecule has 0 spiro atoms. The summed E-state index contributed by atoms with van der Waals surface area (Å²) >= 11 is 11.9. The molecule has 0 aliphatic carbocycles. The summed E-state index contributed by atoms with van der Waals surface area (Å²) in [6.07, 6.45) is 0. The van der Waals surface area contributed by atoms with Crippen LogP contribution < -0.4 is 0 Å². The summed E-state index contributed by atoms with van der Waals surface area (Å²) in [6.45, 7) is 1.92. The Hall–Kier alpha value is -0.880. The summed E-state index contributed by atoms with van der Waals surface area (Å²) in [7, 11) is 1.36. The van der Waals surface area contributed by atoms with E-state index in [2.05, 4.69) is 4.98 Å². The Morgan fingerprint density at radius 1 is 1.58 bits per heavy atom. The van der Waals surface area contributed by atoms with Gasteiger partial charge in [-0.1, -0.05) is 23.2 Å². The lowest BCUT2D eigenvalue weighted by Gasteiger charge is -2.33. The SMILES string of the molecule is COC(=O)C1COCCN1Cc1nc(Cl)ccc1Cl. The van der Waals surface area contributed by atoms with Crippen molar-refractivity contribution in [1.82, 2.24) is 9.88 Å². The predicted molar refractivity (Wildman–Crippen MR) is 71.3 cm³/mol. The fourth-order valence-corrected chi connectivity index (χ4v) is 2.27. The number of hydrogen-bond acceptors (Lipinski definition) is 5. The van der Waals surface area contributed by atoms with Gasteiger partial charge in [-0.25, -0.2) is 4.98 Å². The van der Waals surface area contributed by atoms with Crippen LogP contribution in [0.4, 0.5) is 0 Å². The number of hydrogen-bond donors (Lipinski definition) is 0. The van der Waals surface area contributed by atoms with Gasteiger partial charge in [0.25, 0.3) is 0 Å². The first-order chi connectivity index (χ1) is 9.11. The molecule has 0 aromatic carbocycles. The van der Waals surface area contributed by atoms with Gasteiger partial charge >= 0.3 is 5.97 Å². The van der Waals surface area contributed by atoms with Gasteiger partial charge in [0.1, 0.15) is 11.2 Å². The van der Waals surface area contributed by atoms with Crippen LogP contribution in [0.2, 0.25) is 10.2 Å². The zero-order valence-corrected chi connectivity index (χ0v) is 11.9. The van der Waals surface area contributed by atoms with Gasteiger partial charge in [-0.05, 0) is 12.1 Å². The first-order valence-corrected chi connectivity index (χ1v) is 6.58. The van der Waals surface area contributed by atoms with Crippen LogP contribution in [0, 0.1) is 0 Å². The molecule has 1 saturated heterocycles. The van der Waals surface area contributed by atoms with Crippen LogP contribution in [0.15, 0.2) is 12.1 Å². The fraction of sp³-hybridized carbons (Fsp3) is 0.500. The number of halogens is 2. The summed E-state index contributed by atoms with van der Waals surface area (Å²) in [4.78, 5) is 17.8. The second-order valence-electron chi connectivity index (χ2n) is 4.15. The molecule has 0 amide bonds. The molecule has 1 fully saturated rings. The number of aromatic nitrogens is 1. The van der Waals surface area contributed by atoms with Gasteiger partial charge in [0.15, 0.2) is 0 Å². The van der Waals surface area contributed by atoms with Crippen molar-refractivity contribution in [3.05, 3.63) is 28.0 Å². The van der Waals surface area contributed by atoms with Crippen LogP contribution in [0.3, 0.4) is 0 Å². The van der Waals surface area contributed by atoms with Crippen molar-refractivity contribution < 1.29 is 14.3 Å². The van der Waals surface area contributed by atoms with Gasteiger partial charge in [0.2, 0.25) is 0 Å². The Morgan fingerprint density at radius 2 is 2.37 bits per heavy atom. The van der Waals surface area contributed by atoms with E-state index in [0.717, 1.165) is 0 Å². The number of nitrogens with zero attached hydrogens (tertiary/aromatic N) is 2. The topological polar surface area (TPSA) is 51.7 Å². The molecule has 19 heavy (non-hydrogen) atoms. The Kier molecular flexibility index (Phi) is 4.99. The quantitative estimate of drug-likeness (QED) is 0.629. The molecule has 0 bridgehead atoms. The van der Waals surface area contributed by atoms with Crippen LogP contribution >= 0.6 is 23.2 Å². The molecule has 1 aromatic heterocycles. The number of carbonyl (C=O) groups is 1. The monoisotopic (exact) mass is 304 g/mol. The van der Waals surface area contributed by atoms with E-state index in [9.17, 15) is 4.79 Å². The average Bonchev–Trinajstić information content (AvgIpc) is 2.42. The highest BCUT2D eigenvalue weighted by Crippen LogP contribution is 2.20. The van der Waals surface area contributed by atoms with Gasteiger partial charge < -0.3 is 9.47 Å². The Morgan fingerprint density at radius 3 is 3.11 bits per heavy atom. The maximum atomic E-state index is 11.7. The Bertz CT molecular complexity index is 470. The Balaban J connectivity index is 2.15. The largest absolute Gasteiger partial charge is 0.468 e. The van der Waals surface area contributed by atoms with Crippen LogP contribution in [-0.4, -0.2) is 48.8 Å². The van der Waals surface area contributed by atoms with Crippen molar-refractivity contribution in [2.24, 2.45) is 0 Å². The molecule has 104 valence electrons. The molecule has 2 rings (SSSR count). The molecule has 0 saturated carbocycles. The minimum absolute atomic E-state index is 0.310. The molecule has 1 atom stereocenters. The first kappa shape index (κ1) is 14.5. The van der Waals surface area contributed by atoms with Crippen molar-refractivity contribution in [3.63, 3.8) is 0 Å². The molecule has 5 nitrogen and oxygen atoms in total. The van der Waals surface area contributed by atoms with Crippen molar-refractivity contribution in [3.8, 4) is 0 Å². The lowest BCUT2D eigenvalue weighted by Crippen LogP contribution is -2.49. The Labute approximate surface area is 121 Å². The lowest BCUT2D eigenvalue weighted by atomic mass is 10.2. The van der Waals surface area contributed by atoms with Gasteiger partial charge in [0, 0.05) is 13.1 Å². The third-order valence-electron chi connectivity index (χ3n) is 2.95. The molecule has 0 N–H and O–H groups in total. The normalized spacial score (nSPS) is 20.3. The maximum absolute atomic E-state index is 11.7. The number of ether oxygens (including phenoxy) is 2. The van der Waals surface area contributed by atoms with E-state index in [1.165, 1.54) is 7.11 Å². The summed E-state index contributed by atoms with van der Waals surface area (Å²) in [5.74, 6) is -0.321. The van der Waals surface area contributed by atoms with Crippen LogP contribution in [0.25, 0.3) is 0 Å². The molecule has 1 unspecified atom stereocenters. The molecule has 1 aliphatic heterocycles. The van der Waals surface area contributed by atoms with Crippen molar-refractivity contribution in [2.75, 3.05) is 26.9 Å². The van der Waals surface area contributed by atoms with Crippen LogP contribution in [0.5, 0.6) is 0 Å². The fourth-order valence-electron chi connectivity index (χ4n) is 1.94. The smallest absolute Gasteiger partial charge is 0.325 e. The van der Waals surface area contributed by atoms with E-state index in [-0.39, 0.29) is 5.97 Å². The van der Waals surface area contributed by atoms with E-state index >= 15 is 0 Å². The van der Waals surface area contributed by atoms with E-state index < -0.39 is 6.04 Å². The van der Waals surface area contributed by atoms with E-state index in [0.29, 0.717) is 42.2 Å². The highest BCUT2D eigenvalue weighted by atomic mass is 35.5. The molecular formula is C12H14Cl2N2O3. The standard InChI is InChI=1S/C12H14Cl2N2O3/c1-18-12(17)10-7-19-5-4-16(10)6-9-8(13)2-3-11(14)15-9/h2-3,10H,4-7H2,1H3. The maximum Gasteiger partial charge on any atom is 0.325 e. The number of morpholine rings is 1. The third-order valence-corrected chi connectivity index (χ3v) is 3.50. The number of carbonyl (C=O) groups excluding carboxylic acids is 1. The van der Waals surface area contributed by atoms with Crippen molar-refractivity contribution >= 4 is 29.2 Å². The zero-order chi connectivity index (χ0) is 13.8. The minimum Gasteiger partial charge on any atom is -0.468 e. The third kappa shape index (κ3) is 3.57. The molecular weight excluding hydrogens is 291 g/mol. The first-order valence-electron chi connectivity index (χ1n) is 5.82. The summed E-state index contributed by atoms with van der Waals surface area (Å²) in [5.41, 5.74) is 0.643. The number of rotatable bonds is 3. The van der Waals surface area contributed by atoms with E-state index in [1.807, 2.05) is 4.90 Å². The van der Waals surface area contributed by atoms with Crippen molar-refractivity contribution in [2.45, 2.75) is 12.6 Å². The summed E-state index contributed by atoms with van der Waals surface area (Å²) in [6, 6.07) is 2.89. The molecule has 2 heterocycles. The predicted octanol–water partition coefficient (Wildman–Crippen LogP) is 1.76. The highest BCUT2D eigenvalue weighted by molar-refractivity contribution is 6.32. The van der Waals surface area contributed by atoms with Crippen LogP contribution in [-0.2, 0) is 20.8 Å². The summed E-state index contributed by atoms with van der Waals surface area (Å²) in [5, 5.41) is 0.904. The van der Waals surface area contributed by atoms with Gasteiger partial charge in [0.05, 0.1) is 31.0 Å². The number of esters is 1. The lowest BCUT2D eigenvalue weighted by molar-refractivity contribution is -0.153. The second kappa shape index (κ2) is 6.52. The van der Waals surface area contributed by atoms with Crippen molar-refractivity contribution in [1.29, 1.82) is 0 Å². The highest BCUT2D eigenvalue weighted by Gasteiger charge is 2.30. The molecule has 1 aliphatic rings.